The van der Waals surface area contributed by atoms with Gasteiger partial charge < -0.3 is 0 Å². The van der Waals surface area contributed by atoms with Gasteiger partial charge in [0.1, 0.15) is 0 Å². The normalized spacial score (nSPS) is 14.0. The molecule has 2 aliphatic rings. The molecule has 0 nitrogen and oxygen atoms in total. The van der Waals surface area contributed by atoms with Gasteiger partial charge in [0.05, 0.1) is 0 Å². The first-order chi connectivity index (χ1) is 19.9. The van der Waals surface area contributed by atoms with E-state index in [2.05, 4.69) is 152 Å². The Morgan fingerprint density at radius 2 is 1.24 bits per heavy atom. The topological polar surface area (TPSA) is 0 Å². The molecule has 2 aliphatic carbocycles. The van der Waals surface area contributed by atoms with Crippen LogP contribution in [0.1, 0.15) is 92.5 Å². The van der Waals surface area contributed by atoms with Crippen LogP contribution in [0.15, 0.2) is 100 Å². The molecule has 0 saturated heterocycles. The zero-order valence-electron chi connectivity index (χ0n) is 26.7. The van der Waals surface area contributed by atoms with Crippen LogP contribution in [0.3, 0.4) is 0 Å². The third kappa shape index (κ3) is 5.46. The van der Waals surface area contributed by atoms with Crippen LogP contribution < -0.4 is 3.27 Å². The van der Waals surface area contributed by atoms with E-state index >= 15 is 0 Å². The van der Waals surface area contributed by atoms with E-state index in [0.717, 1.165) is 12.8 Å². The number of benzene rings is 4. The van der Waals surface area contributed by atoms with Crippen molar-refractivity contribution in [1.82, 2.24) is 0 Å². The van der Waals surface area contributed by atoms with Crippen LogP contribution in [-0.4, -0.2) is 3.21 Å². The van der Waals surface area contributed by atoms with Gasteiger partial charge in [-0.1, -0.05) is 0 Å². The van der Waals surface area contributed by atoms with Crippen molar-refractivity contribution in [2.45, 2.75) is 79.1 Å². The molecule has 0 bridgehead atoms. The average molecular weight is 628 g/mol. The van der Waals surface area contributed by atoms with Gasteiger partial charge in [-0.05, 0) is 0 Å². The van der Waals surface area contributed by atoms with Gasteiger partial charge in [0, 0.05) is 0 Å². The molecule has 0 aromatic heterocycles. The first-order valence-corrected chi connectivity index (χ1v) is 19.2. The average Bonchev–Trinajstić information content (AvgIpc) is 3.59. The molecule has 4 aromatic carbocycles. The van der Waals surface area contributed by atoms with Gasteiger partial charge in [-0.15, -0.1) is 0 Å². The predicted molar refractivity (Wildman–Crippen MR) is 179 cm³/mol. The minimum absolute atomic E-state index is 0.132. The number of rotatable bonds is 4. The summed E-state index contributed by atoms with van der Waals surface area (Å²) in [5.74, 6) is 0. The third-order valence-electron chi connectivity index (χ3n) is 9.11. The van der Waals surface area contributed by atoms with Crippen molar-refractivity contribution in [2.75, 3.05) is 0 Å². The van der Waals surface area contributed by atoms with Crippen LogP contribution in [0, 0.1) is 13.8 Å². The third-order valence-corrected chi connectivity index (χ3v) is 17.2. The zero-order chi connectivity index (χ0) is 29.8. The van der Waals surface area contributed by atoms with Crippen LogP contribution >= 0.6 is 0 Å². The van der Waals surface area contributed by atoms with Crippen molar-refractivity contribution in [3.8, 4) is 11.1 Å². The van der Waals surface area contributed by atoms with E-state index < -0.39 is 21.3 Å². The van der Waals surface area contributed by atoms with E-state index in [-0.39, 0.29) is 10.8 Å². The number of aryl methyl sites for hydroxylation is 2. The van der Waals surface area contributed by atoms with Gasteiger partial charge >= 0.3 is 263 Å². The van der Waals surface area contributed by atoms with E-state index in [0.29, 0.717) is 0 Å². The summed E-state index contributed by atoms with van der Waals surface area (Å²) < 4.78 is 4.97. The van der Waals surface area contributed by atoms with Crippen molar-refractivity contribution in [2.24, 2.45) is 0 Å². The number of allylic oxidation sites excluding steroid dienone is 4. The molecular weight excluding hydrogens is 584 g/mol. The molecule has 0 saturated carbocycles. The Hall–Kier alpha value is -2.89. The van der Waals surface area contributed by atoms with Gasteiger partial charge in [-0.3, -0.25) is 0 Å². The van der Waals surface area contributed by atoms with E-state index in [1.807, 2.05) is 0 Å². The molecule has 0 unspecified atom stereocenters. The van der Waals surface area contributed by atoms with E-state index in [1.165, 1.54) is 50.1 Å². The molecular formula is C41H44Zr. The Balaban J connectivity index is 1.66. The second kappa shape index (κ2) is 11.0. The molecule has 212 valence electrons. The monoisotopic (exact) mass is 626 g/mol. The van der Waals surface area contributed by atoms with Gasteiger partial charge in [0.25, 0.3) is 0 Å². The Labute approximate surface area is 261 Å². The van der Waals surface area contributed by atoms with Crippen LogP contribution in [-0.2, 0) is 38.5 Å². The van der Waals surface area contributed by atoms with E-state index in [1.54, 1.807) is 15.3 Å². The Kier molecular flexibility index (Phi) is 7.64. The van der Waals surface area contributed by atoms with Crippen LogP contribution in [0.2, 0.25) is 0 Å². The van der Waals surface area contributed by atoms with Crippen molar-refractivity contribution in [1.29, 1.82) is 0 Å². The molecule has 4 aromatic rings. The molecule has 6 rings (SSSR count). The summed E-state index contributed by atoms with van der Waals surface area (Å²) in [4.78, 5) is 0. The van der Waals surface area contributed by atoms with Crippen molar-refractivity contribution >= 4 is 6.48 Å². The number of hydrogen-bond donors (Lipinski definition) is 0. The number of fused-ring (bicyclic) bond motifs is 3. The SMILES string of the molecule is Cc1ccc2c(c1)Cc1c-2ccc(C)[c]1[Zr]([C]1=CC=CC1)=[C](c1ccc(C(C)(C)C)cc1)c1ccc(C(C)(C)C)cc1. The fraction of sp³-hybridized carbons (Fsp3) is 0.293. The summed E-state index contributed by atoms with van der Waals surface area (Å²) in [5.41, 5.74) is 14.6. The van der Waals surface area contributed by atoms with E-state index in [4.69, 9.17) is 0 Å². The van der Waals surface area contributed by atoms with Crippen LogP contribution in [0.4, 0.5) is 0 Å². The van der Waals surface area contributed by atoms with Crippen molar-refractivity contribution in [3.63, 3.8) is 0 Å². The summed E-state index contributed by atoms with van der Waals surface area (Å²) in [6.07, 6.45) is 9.26. The standard InChI is InChI=1S/C21H26.C15H13.C5H5.Zr/c1-20(2,3)18-11-7-16(8-12-18)15-17-9-13-19(14-10-17)21(4,5)6;1-10-3-5-14-12(7-10)9-13-8-11(2)4-6-15(13)14;1-2-4-5-3-1;/h7-14H,1-6H3;3-7H,9H2,1-2H3;1-3H,4H2;. The summed E-state index contributed by atoms with van der Waals surface area (Å²) in [7, 11) is 0. The maximum absolute atomic E-state index is 2.68. The fourth-order valence-corrected chi connectivity index (χ4v) is 15.0. The second-order valence-electron chi connectivity index (χ2n) is 14.3. The molecule has 0 radical (unpaired) electrons. The Morgan fingerprint density at radius 1 is 0.667 bits per heavy atom. The molecule has 0 atom stereocenters. The molecule has 0 amide bonds. The first-order valence-electron chi connectivity index (χ1n) is 15.5. The van der Waals surface area contributed by atoms with Crippen LogP contribution in [0.5, 0.6) is 0 Å². The molecule has 0 N–H and O–H groups in total. The number of hydrogen-bond acceptors (Lipinski definition) is 0. The van der Waals surface area contributed by atoms with Gasteiger partial charge in [-0.2, -0.15) is 0 Å². The molecule has 0 aliphatic heterocycles. The van der Waals surface area contributed by atoms with E-state index in [9.17, 15) is 0 Å². The quantitative estimate of drug-likeness (QED) is 0.186. The molecule has 1 heteroatoms. The maximum atomic E-state index is 2.47. The molecule has 42 heavy (non-hydrogen) atoms. The predicted octanol–water partition coefficient (Wildman–Crippen LogP) is 9.83. The minimum atomic E-state index is -2.68. The summed E-state index contributed by atoms with van der Waals surface area (Å²) in [5, 5.41) is 0. The first kappa shape index (κ1) is 29.2. The van der Waals surface area contributed by atoms with Gasteiger partial charge in [0.15, 0.2) is 0 Å². The fourth-order valence-electron chi connectivity index (χ4n) is 6.68. The summed E-state index contributed by atoms with van der Waals surface area (Å²) in [6, 6.07) is 31.1. The van der Waals surface area contributed by atoms with Crippen molar-refractivity contribution in [3.05, 3.63) is 145 Å². The molecule has 0 fully saturated rings. The second-order valence-corrected chi connectivity index (χ2v) is 20.2. The Morgan fingerprint density at radius 3 is 1.76 bits per heavy atom. The van der Waals surface area contributed by atoms with Gasteiger partial charge in [0.2, 0.25) is 0 Å². The molecule has 0 spiro atoms. The van der Waals surface area contributed by atoms with Gasteiger partial charge in [-0.25, -0.2) is 0 Å². The van der Waals surface area contributed by atoms with Crippen LogP contribution in [0.25, 0.3) is 11.1 Å². The zero-order valence-corrected chi connectivity index (χ0v) is 29.1. The Bertz CT molecular complexity index is 1700. The molecule has 0 heterocycles. The summed E-state index contributed by atoms with van der Waals surface area (Å²) >= 11 is -2.68. The summed E-state index contributed by atoms with van der Waals surface area (Å²) in [6.45, 7) is 18.5. The van der Waals surface area contributed by atoms with Crippen molar-refractivity contribution < 1.29 is 21.3 Å².